The van der Waals surface area contributed by atoms with Crippen LogP contribution in [0.2, 0.25) is 0 Å². The molecule has 4 heterocycles. The number of nitrogens with zero attached hydrogens (tertiary/aromatic N) is 2. The van der Waals surface area contributed by atoms with Crippen molar-refractivity contribution >= 4 is 16.8 Å². The molecule has 5 rings (SSSR count). The van der Waals surface area contributed by atoms with Crippen LogP contribution in [-0.4, -0.2) is 40.5 Å². The lowest BCUT2D eigenvalue weighted by Gasteiger charge is -2.36. The molecule has 26 heavy (non-hydrogen) atoms. The summed E-state index contributed by atoms with van der Waals surface area (Å²) in [5.74, 6) is -0.203. The van der Waals surface area contributed by atoms with Crippen LogP contribution >= 0.6 is 0 Å². The smallest absolute Gasteiger partial charge is 0.256 e. The van der Waals surface area contributed by atoms with Gasteiger partial charge in [0.2, 0.25) is 5.43 Å². The van der Waals surface area contributed by atoms with Crippen LogP contribution < -0.4 is 10.7 Å². The Morgan fingerprint density at radius 1 is 1.19 bits per heavy atom. The Balaban J connectivity index is 1.47. The van der Waals surface area contributed by atoms with Gasteiger partial charge in [-0.25, -0.2) is 0 Å². The fraction of sp³-hybridized carbons (Fsp3) is 0.524. The molecule has 0 saturated carbocycles. The first-order valence-electron chi connectivity index (χ1n) is 9.79. The van der Waals surface area contributed by atoms with Crippen molar-refractivity contribution in [3.05, 3.63) is 45.7 Å². The molecule has 1 amide bonds. The Hall–Kier alpha value is -2.14. The van der Waals surface area contributed by atoms with Crippen LogP contribution in [0.3, 0.4) is 0 Å². The average Bonchev–Trinajstić information content (AvgIpc) is 2.85. The third-order valence-corrected chi connectivity index (χ3v) is 6.70. The van der Waals surface area contributed by atoms with Crippen LogP contribution in [0.25, 0.3) is 10.9 Å². The highest BCUT2D eigenvalue weighted by molar-refractivity contribution is 5.98. The lowest BCUT2D eigenvalue weighted by Crippen LogP contribution is -2.49. The summed E-state index contributed by atoms with van der Waals surface area (Å²) >= 11 is 0. The first-order chi connectivity index (χ1) is 12.6. The molecular formula is C21H25N3O2. The topological polar surface area (TPSA) is 54.3 Å². The maximum atomic E-state index is 13.0. The molecule has 2 bridgehead atoms. The SMILES string of the molecule is CN1C2CCC1CC(NC(=O)c1cn3c4c(cccc4c1=O)CCC3)C2. The molecule has 2 atom stereocenters. The Labute approximate surface area is 153 Å². The number of amides is 1. The number of aryl methyl sites for hydroxylation is 2. The van der Waals surface area contributed by atoms with Gasteiger partial charge in [-0.05, 0) is 57.2 Å². The second-order valence-corrected chi connectivity index (χ2v) is 8.17. The fourth-order valence-electron chi connectivity index (χ4n) is 5.31. The van der Waals surface area contributed by atoms with Gasteiger partial charge in [0, 0.05) is 36.3 Å². The molecule has 0 aliphatic carbocycles. The predicted octanol–water partition coefficient (Wildman–Crippen LogP) is 2.30. The lowest BCUT2D eigenvalue weighted by molar-refractivity contribution is 0.0881. The normalized spacial score (nSPS) is 27.7. The van der Waals surface area contributed by atoms with E-state index >= 15 is 0 Å². The number of piperidine rings is 1. The zero-order valence-corrected chi connectivity index (χ0v) is 15.2. The summed E-state index contributed by atoms with van der Waals surface area (Å²) < 4.78 is 2.10. The largest absolute Gasteiger partial charge is 0.349 e. The molecule has 1 aromatic carbocycles. The van der Waals surface area contributed by atoms with Gasteiger partial charge in [0.1, 0.15) is 5.56 Å². The summed E-state index contributed by atoms with van der Waals surface area (Å²) in [4.78, 5) is 28.3. The molecule has 2 fully saturated rings. The van der Waals surface area contributed by atoms with Crippen molar-refractivity contribution in [3.63, 3.8) is 0 Å². The van der Waals surface area contributed by atoms with Gasteiger partial charge in [-0.3, -0.25) is 9.59 Å². The highest BCUT2D eigenvalue weighted by atomic mass is 16.2. The minimum atomic E-state index is -0.203. The minimum absolute atomic E-state index is 0.131. The van der Waals surface area contributed by atoms with Crippen LogP contribution in [-0.2, 0) is 13.0 Å². The molecule has 3 aliphatic rings. The maximum absolute atomic E-state index is 13.0. The van der Waals surface area contributed by atoms with Crippen molar-refractivity contribution in [2.24, 2.45) is 0 Å². The number of benzene rings is 1. The number of carbonyl (C=O) groups is 1. The predicted molar refractivity (Wildman–Crippen MR) is 102 cm³/mol. The van der Waals surface area contributed by atoms with Gasteiger partial charge in [-0.15, -0.1) is 0 Å². The quantitative estimate of drug-likeness (QED) is 0.903. The number of hydrogen-bond donors (Lipinski definition) is 1. The van der Waals surface area contributed by atoms with Gasteiger partial charge in [0.25, 0.3) is 5.91 Å². The van der Waals surface area contributed by atoms with Crippen LogP contribution in [0.1, 0.15) is 48.0 Å². The molecule has 0 radical (unpaired) electrons. The van der Waals surface area contributed by atoms with Gasteiger partial charge in [-0.2, -0.15) is 0 Å². The summed E-state index contributed by atoms with van der Waals surface area (Å²) in [6.07, 6.45) is 8.26. The first-order valence-corrected chi connectivity index (χ1v) is 9.79. The van der Waals surface area contributed by atoms with Crippen LogP contribution in [0, 0.1) is 0 Å². The van der Waals surface area contributed by atoms with Crippen LogP contribution in [0.15, 0.2) is 29.2 Å². The van der Waals surface area contributed by atoms with E-state index in [1.165, 1.54) is 18.4 Å². The van der Waals surface area contributed by atoms with E-state index in [9.17, 15) is 9.59 Å². The van der Waals surface area contributed by atoms with E-state index in [0.717, 1.165) is 37.7 Å². The summed E-state index contributed by atoms with van der Waals surface area (Å²) in [7, 11) is 2.19. The van der Waals surface area contributed by atoms with Crippen molar-refractivity contribution in [1.82, 2.24) is 14.8 Å². The van der Waals surface area contributed by atoms with E-state index in [0.29, 0.717) is 23.0 Å². The number of hydrogen-bond acceptors (Lipinski definition) is 3. The van der Waals surface area contributed by atoms with Crippen molar-refractivity contribution in [3.8, 4) is 0 Å². The lowest BCUT2D eigenvalue weighted by atomic mass is 9.97. The van der Waals surface area contributed by atoms with E-state index in [-0.39, 0.29) is 17.4 Å². The van der Waals surface area contributed by atoms with E-state index in [1.807, 2.05) is 12.1 Å². The number of carbonyl (C=O) groups excluding carboxylic acids is 1. The number of fused-ring (bicyclic) bond motifs is 2. The summed E-state index contributed by atoms with van der Waals surface area (Å²) in [5.41, 5.74) is 2.39. The molecule has 1 aromatic heterocycles. The molecule has 3 aliphatic heterocycles. The van der Waals surface area contributed by atoms with E-state index in [4.69, 9.17) is 0 Å². The number of nitrogens with one attached hydrogen (secondary N) is 1. The van der Waals surface area contributed by atoms with Crippen LogP contribution in [0.4, 0.5) is 0 Å². The zero-order valence-electron chi connectivity index (χ0n) is 15.2. The average molecular weight is 351 g/mol. The monoisotopic (exact) mass is 351 g/mol. The van der Waals surface area contributed by atoms with Crippen molar-refractivity contribution < 1.29 is 4.79 Å². The molecule has 1 N–H and O–H groups in total. The highest BCUT2D eigenvalue weighted by Crippen LogP contribution is 2.34. The first kappa shape index (κ1) is 16.1. The van der Waals surface area contributed by atoms with E-state index in [1.54, 1.807) is 6.20 Å². The van der Waals surface area contributed by atoms with Crippen molar-refractivity contribution in [2.45, 2.75) is 63.2 Å². The molecular weight excluding hydrogens is 326 g/mol. The zero-order chi connectivity index (χ0) is 17.8. The molecule has 2 aromatic rings. The molecule has 2 unspecified atom stereocenters. The second-order valence-electron chi connectivity index (χ2n) is 8.17. The molecule has 5 heteroatoms. The standard InChI is InChI=1S/C21H25N3O2/c1-23-15-7-8-16(23)11-14(10-15)22-21(26)18-12-24-9-3-5-13-4-2-6-17(19(13)24)20(18)25/h2,4,6,12,14-16H,3,5,7-11H2,1H3,(H,22,26). The number of rotatable bonds is 2. The Kier molecular flexibility index (Phi) is 3.67. The maximum Gasteiger partial charge on any atom is 0.256 e. The van der Waals surface area contributed by atoms with Crippen molar-refractivity contribution in [1.29, 1.82) is 0 Å². The van der Waals surface area contributed by atoms with Gasteiger partial charge in [-0.1, -0.05) is 12.1 Å². The highest BCUT2D eigenvalue weighted by Gasteiger charge is 2.39. The van der Waals surface area contributed by atoms with E-state index in [2.05, 4.69) is 27.9 Å². The van der Waals surface area contributed by atoms with Gasteiger partial charge < -0.3 is 14.8 Å². The summed E-state index contributed by atoms with van der Waals surface area (Å²) in [6.45, 7) is 0.868. The minimum Gasteiger partial charge on any atom is -0.349 e. The molecule has 5 nitrogen and oxygen atoms in total. The third kappa shape index (κ3) is 2.41. The van der Waals surface area contributed by atoms with Gasteiger partial charge in [0.15, 0.2) is 0 Å². The van der Waals surface area contributed by atoms with E-state index < -0.39 is 0 Å². The molecule has 0 spiro atoms. The third-order valence-electron chi connectivity index (χ3n) is 6.70. The molecule has 2 saturated heterocycles. The fourth-order valence-corrected chi connectivity index (χ4v) is 5.31. The Morgan fingerprint density at radius 2 is 1.96 bits per heavy atom. The second kappa shape index (κ2) is 5.95. The Morgan fingerprint density at radius 3 is 2.73 bits per heavy atom. The summed E-state index contributed by atoms with van der Waals surface area (Å²) in [6, 6.07) is 7.20. The molecule has 136 valence electrons. The van der Waals surface area contributed by atoms with Gasteiger partial charge in [0.05, 0.1) is 5.52 Å². The Bertz CT molecular complexity index is 934. The van der Waals surface area contributed by atoms with Crippen LogP contribution in [0.5, 0.6) is 0 Å². The van der Waals surface area contributed by atoms with Gasteiger partial charge >= 0.3 is 0 Å². The number of pyridine rings is 1. The number of aromatic nitrogens is 1. The van der Waals surface area contributed by atoms with Crippen molar-refractivity contribution in [2.75, 3.05) is 7.05 Å². The summed E-state index contributed by atoms with van der Waals surface area (Å²) in [5, 5.41) is 3.85. The number of para-hydroxylation sites is 1.